The molecular formula is C27H22N2. The largest absolute Gasteiger partial charge is 0.292 e. The van der Waals surface area contributed by atoms with Gasteiger partial charge in [0, 0.05) is 11.3 Å². The molecule has 2 heteroatoms. The first-order chi connectivity index (χ1) is 14.2. The minimum atomic E-state index is 0.993. The van der Waals surface area contributed by atoms with Gasteiger partial charge < -0.3 is 0 Å². The second kappa shape index (κ2) is 7.06. The lowest BCUT2D eigenvalue weighted by Gasteiger charge is -2.15. The lowest BCUT2D eigenvalue weighted by Crippen LogP contribution is -2.00. The molecule has 5 rings (SSSR count). The molecule has 29 heavy (non-hydrogen) atoms. The Morgan fingerprint density at radius 2 is 1.21 bits per heavy atom. The Kier molecular flexibility index (Phi) is 4.25. The fourth-order valence-corrected chi connectivity index (χ4v) is 4.15. The molecule has 5 aromatic rings. The first kappa shape index (κ1) is 17.4. The van der Waals surface area contributed by atoms with Gasteiger partial charge >= 0.3 is 0 Å². The summed E-state index contributed by atoms with van der Waals surface area (Å²) in [5.41, 5.74) is 9.41. The summed E-state index contributed by atoms with van der Waals surface area (Å²) < 4.78 is 2.27. The summed E-state index contributed by atoms with van der Waals surface area (Å²) in [7, 11) is 0. The van der Waals surface area contributed by atoms with Crippen molar-refractivity contribution in [2.45, 2.75) is 13.8 Å². The Labute approximate surface area is 171 Å². The molecule has 1 aromatic heterocycles. The van der Waals surface area contributed by atoms with Gasteiger partial charge in [-0.25, -0.2) is 4.98 Å². The van der Waals surface area contributed by atoms with Gasteiger partial charge in [0.1, 0.15) is 5.82 Å². The van der Waals surface area contributed by atoms with Crippen LogP contribution in [0.5, 0.6) is 0 Å². The van der Waals surface area contributed by atoms with Crippen LogP contribution in [-0.4, -0.2) is 9.55 Å². The third-order valence-electron chi connectivity index (χ3n) is 5.44. The first-order valence-electron chi connectivity index (χ1n) is 9.92. The molecule has 0 amide bonds. The second-order valence-electron chi connectivity index (χ2n) is 7.45. The van der Waals surface area contributed by atoms with Crippen LogP contribution in [0.1, 0.15) is 11.1 Å². The van der Waals surface area contributed by atoms with Crippen LogP contribution >= 0.6 is 0 Å². The highest BCUT2D eigenvalue weighted by Gasteiger charge is 2.18. The standard InChI is InChI=1S/C27H22N2/c1-19-17-22(21-11-5-3-6-12-21)18-20(2)26(19)27-28-24-15-9-10-16-25(24)29(27)23-13-7-4-8-14-23/h3-18H,1-2H3. The number of nitrogens with zero attached hydrogens (tertiary/aromatic N) is 2. The highest BCUT2D eigenvalue weighted by Crippen LogP contribution is 2.35. The van der Waals surface area contributed by atoms with Crippen molar-refractivity contribution < 1.29 is 0 Å². The molecule has 0 spiro atoms. The van der Waals surface area contributed by atoms with E-state index in [2.05, 4.69) is 103 Å². The Morgan fingerprint density at radius 3 is 1.90 bits per heavy atom. The smallest absolute Gasteiger partial charge is 0.146 e. The third-order valence-corrected chi connectivity index (χ3v) is 5.44. The molecule has 0 atom stereocenters. The number of benzene rings is 4. The molecule has 140 valence electrons. The van der Waals surface area contributed by atoms with Gasteiger partial charge in [-0.3, -0.25) is 4.57 Å². The van der Waals surface area contributed by atoms with Crippen molar-refractivity contribution in [2.75, 3.05) is 0 Å². The lowest BCUT2D eigenvalue weighted by molar-refractivity contribution is 1.09. The summed E-state index contributed by atoms with van der Waals surface area (Å²) in [5.74, 6) is 0.993. The molecule has 0 fully saturated rings. The number of aromatic nitrogens is 2. The molecule has 0 N–H and O–H groups in total. The molecule has 0 radical (unpaired) electrons. The summed E-state index contributed by atoms with van der Waals surface area (Å²) in [6, 6.07) is 33.9. The maximum absolute atomic E-state index is 5.05. The van der Waals surface area contributed by atoms with E-state index in [9.17, 15) is 0 Å². The Hall–Kier alpha value is -3.65. The average molecular weight is 374 g/mol. The summed E-state index contributed by atoms with van der Waals surface area (Å²) in [5, 5.41) is 0. The van der Waals surface area contributed by atoms with Crippen LogP contribution in [0, 0.1) is 13.8 Å². The Bertz CT molecular complexity index is 1280. The molecule has 1 heterocycles. The molecule has 2 nitrogen and oxygen atoms in total. The van der Waals surface area contributed by atoms with E-state index in [-0.39, 0.29) is 0 Å². The average Bonchev–Trinajstić information content (AvgIpc) is 3.13. The van der Waals surface area contributed by atoms with E-state index in [1.54, 1.807) is 0 Å². The quantitative estimate of drug-likeness (QED) is 0.333. The van der Waals surface area contributed by atoms with Crippen LogP contribution in [0.3, 0.4) is 0 Å². The third kappa shape index (κ3) is 3.03. The molecule has 0 unspecified atom stereocenters. The van der Waals surface area contributed by atoms with Crippen molar-refractivity contribution in [1.29, 1.82) is 0 Å². The fourth-order valence-electron chi connectivity index (χ4n) is 4.15. The minimum Gasteiger partial charge on any atom is -0.292 e. The van der Waals surface area contributed by atoms with E-state index < -0.39 is 0 Å². The van der Waals surface area contributed by atoms with Crippen molar-refractivity contribution >= 4 is 11.0 Å². The van der Waals surface area contributed by atoms with Crippen molar-refractivity contribution in [3.8, 4) is 28.2 Å². The summed E-state index contributed by atoms with van der Waals surface area (Å²) in [6.07, 6.45) is 0. The Morgan fingerprint density at radius 1 is 0.621 bits per heavy atom. The van der Waals surface area contributed by atoms with Crippen molar-refractivity contribution in [3.63, 3.8) is 0 Å². The molecule has 0 bridgehead atoms. The Balaban J connectivity index is 1.77. The van der Waals surface area contributed by atoms with Crippen molar-refractivity contribution in [3.05, 3.63) is 108 Å². The molecule has 0 aliphatic heterocycles. The number of rotatable bonds is 3. The zero-order valence-electron chi connectivity index (χ0n) is 16.6. The maximum Gasteiger partial charge on any atom is 0.146 e. The SMILES string of the molecule is Cc1cc(-c2ccccc2)cc(C)c1-c1nc2ccccc2n1-c1ccccc1. The fraction of sp³-hybridized carbons (Fsp3) is 0.0741. The van der Waals surface area contributed by atoms with E-state index in [1.807, 2.05) is 12.1 Å². The number of aryl methyl sites for hydroxylation is 2. The predicted octanol–water partition coefficient (Wildman–Crippen LogP) is 6.98. The van der Waals surface area contributed by atoms with Crippen LogP contribution in [0.15, 0.2) is 97.1 Å². The number of para-hydroxylation sites is 3. The van der Waals surface area contributed by atoms with Gasteiger partial charge in [0.2, 0.25) is 0 Å². The minimum absolute atomic E-state index is 0.993. The van der Waals surface area contributed by atoms with Gasteiger partial charge in [-0.2, -0.15) is 0 Å². The van der Waals surface area contributed by atoms with E-state index in [4.69, 9.17) is 4.98 Å². The van der Waals surface area contributed by atoms with Gasteiger partial charge in [-0.05, 0) is 60.4 Å². The first-order valence-corrected chi connectivity index (χ1v) is 9.92. The molecule has 0 aliphatic carbocycles. The van der Waals surface area contributed by atoms with Gasteiger partial charge in [-0.15, -0.1) is 0 Å². The predicted molar refractivity (Wildman–Crippen MR) is 121 cm³/mol. The zero-order chi connectivity index (χ0) is 19.8. The van der Waals surface area contributed by atoms with E-state index in [0.717, 1.165) is 22.5 Å². The normalized spacial score (nSPS) is 11.1. The van der Waals surface area contributed by atoms with Gasteiger partial charge in [0.15, 0.2) is 0 Å². The maximum atomic E-state index is 5.05. The van der Waals surface area contributed by atoms with Crippen LogP contribution < -0.4 is 0 Å². The number of fused-ring (bicyclic) bond motifs is 1. The lowest BCUT2D eigenvalue weighted by atomic mass is 9.95. The molecule has 0 saturated heterocycles. The van der Waals surface area contributed by atoms with Crippen LogP contribution in [-0.2, 0) is 0 Å². The summed E-state index contributed by atoms with van der Waals surface area (Å²) in [6.45, 7) is 4.37. The highest BCUT2D eigenvalue weighted by molar-refractivity contribution is 5.85. The second-order valence-corrected chi connectivity index (χ2v) is 7.45. The van der Waals surface area contributed by atoms with Gasteiger partial charge in [0.25, 0.3) is 0 Å². The summed E-state index contributed by atoms with van der Waals surface area (Å²) in [4.78, 5) is 5.05. The number of hydrogen-bond donors (Lipinski definition) is 0. The number of imidazole rings is 1. The molecular weight excluding hydrogens is 352 g/mol. The van der Waals surface area contributed by atoms with Gasteiger partial charge in [0.05, 0.1) is 11.0 Å². The van der Waals surface area contributed by atoms with Crippen LogP contribution in [0.4, 0.5) is 0 Å². The van der Waals surface area contributed by atoms with E-state index in [1.165, 1.54) is 27.8 Å². The molecule has 0 saturated carbocycles. The summed E-state index contributed by atoms with van der Waals surface area (Å²) >= 11 is 0. The van der Waals surface area contributed by atoms with Crippen molar-refractivity contribution in [2.24, 2.45) is 0 Å². The monoisotopic (exact) mass is 374 g/mol. The van der Waals surface area contributed by atoms with E-state index in [0.29, 0.717) is 0 Å². The number of hydrogen-bond acceptors (Lipinski definition) is 1. The van der Waals surface area contributed by atoms with Crippen LogP contribution in [0.2, 0.25) is 0 Å². The molecule has 4 aromatic carbocycles. The topological polar surface area (TPSA) is 17.8 Å². The van der Waals surface area contributed by atoms with Gasteiger partial charge in [-0.1, -0.05) is 72.8 Å². The highest BCUT2D eigenvalue weighted by atomic mass is 15.1. The molecule has 0 aliphatic rings. The zero-order valence-corrected chi connectivity index (χ0v) is 16.6. The van der Waals surface area contributed by atoms with Crippen molar-refractivity contribution in [1.82, 2.24) is 9.55 Å². The van der Waals surface area contributed by atoms with Crippen LogP contribution in [0.25, 0.3) is 39.2 Å². The van der Waals surface area contributed by atoms with E-state index >= 15 is 0 Å².